The van der Waals surface area contributed by atoms with Crippen molar-refractivity contribution in [2.45, 2.75) is 19.4 Å². The van der Waals surface area contributed by atoms with E-state index in [2.05, 4.69) is 10.5 Å². The second-order valence-corrected chi connectivity index (χ2v) is 4.63. The lowest BCUT2D eigenvalue weighted by Gasteiger charge is -2.46. The van der Waals surface area contributed by atoms with Crippen LogP contribution in [-0.2, 0) is 0 Å². The maximum absolute atomic E-state index is 12.2. The second-order valence-electron chi connectivity index (χ2n) is 4.63. The number of rotatable bonds is 1. The molecule has 0 bridgehead atoms. The van der Waals surface area contributed by atoms with Gasteiger partial charge in [0.2, 0.25) is 0 Å². The monoisotopic (exact) mass is 221 g/mol. The maximum Gasteiger partial charge on any atom is 0.259 e. The van der Waals surface area contributed by atoms with Crippen molar-refractivity contribution in [3.63, 3.8) is 0 Å². The van der Waals surface area contributed by atoms with Gasteiger partial charge < -0.3 is 14.7 Å². The first-order valence-corrected chi connectivity index (χ1v) is 5.69. The number of carbonyl (C=O) groups excluding carboxylic acids is 1. The van der Waals surface area contributed by atoms with Crippen molar-refractivity contribution in [3.8, 4) is 0 Å². The molecule has 3 rings (SSSR count). The molecule has 0 radical (unpaired) electrons. The highest BCUT2D eigenvalue weighted by Crippen LogP contribution is 2.25. The molecule has 1 N–H and O–H groups in total. The number of piperidine rings is 1. The molecule has 0 spiro atoms. The molecule has 0 aromatic carbocycles. The van der Waals surface area contributed by atoms with Gasteiger partial charge in [0.1, 0.15) is 11.8 Å². The fourth-order valence-electron chi connectivity index (χ4n) is 2.47. The Hall–Kier alpha value is -1.36. The number of aryl methyl sites for hydroxylation is 1. The number of nitrogens with zero attached hydrogens (tertiary/aromatic N) is 2. The molecule has 0 aliphatic carbocycles. The van der Waals surface area contributed by atoms with Crippen LogP contribution in [0.4, 0.5) is 0 Å². The molecule has 2 saturated heterocycles. The van der Waals surface area contributed by atoms with Crippen molar-refractivity contribution in [1.29, 1.82) is 0 Å². The van der Waals surface area contributed by atoms with E-state index in [4.69, 9.17) is 4.52 Å². The summed E-state index contributed by atoms with van der Waals surface area (Å²) in [5, 5.41) is 7.10. The molecule has 86 valence electrons. The number of amides is 1. The summed E-state index contributed by atoms with van der Waals surface area (Å²) in [4.78, 5) is 14.1. The standard InChI is InChI=1S/C11H15N3O2/c1-7-9(6-16-13-7)11(15)14-3-2-8-4-12-10(8)5-14/h6,8,10,12H,2-5H2,1H3. The van der Waals surface area contributed by atoms with Gasteiger partial charge in [0.05, 0.1) is 5.69 Å². The molecule has 2 unspecified atom stereocenters. The molecule has 2 aliphatic heterocycles. The Morgan fingerprint density at radius 3 is 3.12 bits per heavy atom. The number of nitrogens with one attached hydrogen (secondary N) is 1. The number of hydrogen-bond donors (Lipinski definition) is 1. The third kappa shape index (κ3) is 1.43. The first-order valence-electron chi connectivity index (χ1n) is 5.69. The molecule has 3 heterocycles. The van der Waals surface area contributed by atoms with E-state index in [1.54, 1.807) is 6.92 Å². The summed E-state index contributed by atoms with van der Waals surface area (Å²) in [7, 11) is 0. The molecular formula is C11H15N3O2. The fourth-order valence-corrected chi connectivity index (χ4v) is 2.47. The van der Waals surface area contributed by atoms with Crippen LogP contribution in [0, 0.1) is 12.8 Å². The quantitative estimate of drug-likeness (QED) is 0.746. The summed E-state index contributed by atoms with van der Waals surface area (Å²) in [6.07, 6.45) is 2.55. The van der Waals surface area contributed by atoms with Gasteiger partial charge in [-0.25, -0.2) is 0 Å². The summed E-state index contributed by atoms with van der Waals surface area (Å²) in [5.41, 5.74) is 1.27. The van der Waals surface area contributed by atoms with Gasteiger partial charge in [-0.1, -0.05) is 5.16 Å². The summed E-state index contributed by atoms with van der Waals surface area (Å²) in [6, 6.07) is 0.498. The molecule has 2 aliphatic rings. The Morgan fingerprint density at radius 1 is 1.69 bits per heavy atom. The highest BCUT2D eigenvalue weighted by atomic mass is 16.5. The zero-order valence-corrected chi connectivity index (χ0v) is 9.27. The van der Waals surface area contributed by atoms with Crippen LogP contribution in [0.1, 0.15) is 22.5 Å². The number of likely N-dealkylation sites (tertiary alicyclic amines) is 1. The first-order chi connectivity index (χ1) is 7.75. The van der Waals surface area contributed by atoms with Crippen LogP contribution < -0.4 is 5.32 Å². The van der Waals surface area contributed by atoms with Crippen LogP contribution in [-0.4, -0.2) is 41.6 Å². The van der Waals surface area contributed by atoms with Gasteiger partial charge in [0.15, 0.2) is 0 Å². The normalized spacial score (nSPS) is 28.4. The molecule has 5 heteroatoms. The van der Waals surface area contributed by atoms with Crippen molar-refractivity contribution >= 4 is 5.91 Å². The van der Waals surface area contributed by atoms with Gasteiger partial charge in [-0.3, -0.25) is 4.79 Å². The van der Waals surface area contributed by atoms with E-state index < -0.39 is 0 Å². The van der Waals surface area contributed by atoms with E-state index in [9.17, 15) is 4.79 Å². The van der Waals surface area contributed by atoms with Gasteiger partial charge in [-0.2, -0.15) is 0 Å². The van der Waals surface area contributed by atoms with Crippen LogP contribution in [0.25, 0.3) is 0 Å². The molecule has 0 saturated carbocycles. The summed E-state index contributed by atoms with van der Waals surface area (Å²) < 4.78 is 4.81. The van der Waals surface area contributed by atoms with Crippen LogP contribution in [0.2, 0.25) is 0 Å². The third-order valence-electron chi connectivity index (χ3n) is 3.67. The number of carbonyl (C=O) groups is 1. The number of aromatic nitrogens is 1. The lowest BCUT2D eigenvalue weighted by atomic mass is 9.85. The van der Waals surface area contributed by atoms with Crippen LogP contribution in [0.3, 0.4) is 0 Å². The Bertz CT molecular complexity index is 415. The predicted molar refractivity (Wildman–Crippen MR) is 57.0 cm³/mol. The van der Waals surface area contributed by atoms with Crippen molar-refractivity contribution in [3.05, 3.63) is 17.5 Å². The van der Waals surface area contributed by atoms with Crippen LogP contribution in [0.15, 0.2) is 10.8 Å². The smallest absolute Gasteiger partial charge is 0.259 e. The molecule has 2 fully saturated rings. The molecule has 16 heavy (non-hydrogen) atoms. The average molecular weight is 221 g/mol. The van der Waals surface area contributed by atoms with E-state index in [1.165, 1.54) is 6.26 Å². The highest BCUT2D eigenvalue weighted by molar-refractivity contribution is 5.94. The minimum atomic E-state index is 0.0471. The van der Waals surface area contributed by atoms with E-state index in [0.29, 0.717) is 17.3 Å². The maximum atomic E-state index is 12.2. The highest BCUT2D eigenvalue weighted by Gasteiger charge is 2.37. The van der Waals surface area contributed by atoms with Gasteiger partial charge >= 0.3 is 0 Å². The minimum absolute atomic E-state index is 0.0471. The van der Waals surface area contributed by atoms with Gasteiger partial charge in [-0.05, 0) is 25.8 Å². The van der Waals surface area contributed by atoms with E-state index in [1.807, 2.05) is 4.90 Å². The summed E-state index contributed by atoms with van der Waals surface area (Å²) >= 11 is 0. The van der Waals surface area contributed by atoms with Gasteiger partial charge in [-0.15, -0.1) is 0 Å². The van der Waals surface area contributed by atoms with Gasteiger partial charge in [0.25, 0.3) is 5.91 Å². The summed E-state index contributed by atoms with van der Waals surface area (Å²) in [6.45, 7) is 4.57. The lowest BCUT2D eigenvalue weighted by molar-refractivity contribution is 0.0517. The Labute approximate surface area is 93.8 Å². The van der Waals surface area contributed by atoms with Gasteiger partial charge in [0, 0.05) is 19.1 Å². The van der Waals surface area contributed by atoms with Crippen molar-refractivity contribution in [1.82, 2.24) is 15.4 Å². The van der Waals surface area contributed by atoms with Crippen LogP contribution in [0.5, 0.6) is 0 Å². The van der Waals surface area contributed by atoms with E-state index >= 15 is 0 Å². The SMILES string of the molecule is Cc1nocc1C(=O)N1CCC2CNC2C1. The molecule has 2 atom stereocenters. The Kier molecular flexibility index (Phi) is 2.21. The Morgan fingerprint density at radius 2 is 2.56 bits per heavy atom. The molecule has 1 aromatic rings. The lowest BCUT2D eigenvalue weighted by Crippen LogP contribution is -2.62. The van der Waals surface area contributed by atoms with E-state index in [-0.39, 0.29) is 5.91 Å². The fraction of sp³-hybridized carbons (Fsp3) is 0.636. The molecule has 5 nitrogen and oxygen atoms in total. The van der Waals surface area contributed by atoms with Crippen molar-refractivity contribution < 1.29 is 9.32 Å². The van der Waals surface area contributed by atoms with Crippen LogP contribution >= 0.6 is 0 Å². The average Bonchev–Trinajstić information content (AvgIpc) is 2.65. The van der Waals surface area contributed by atoms with Crippen molar-refractivity contribution in [2.75, 3.05) is 19.6 Å². The minimum Gasteiger partial charge on any atom is -0.364 e. The third-order valence-corrected chi connectivity index (χ3v) is 3.67. The number of hydrogen-bond acceptors (Lipinski definition) is 4. The largest absolute Gasteiger partial charge is 0.364 e. The zero-order valence-electron chi connectivity index (χ0n) is 9.27. The van der Waals surface area contributed by atoms with Crippen molar-refractivity contribution in [2.24, 2.45) is 5.92 Å². The zero-order chi connectivity index (χ0) is 11.1. The molecular weight excluding hydrogens is 206 g/mol. The predicted octanol–water partition coefficient (Wildman–Crippen LogP) is 0.417. The first kappa shape index (κ1) is 9.84. The topological polar surface area (TPSA) is 58.4 Å². The second kappa shape index (κ2) is 3.59. The number of fused-ring (bicyclic) bond motifs is 1. The molecule has 1 aromatic heterocycles. The Balaban J connectivity index is 1.73. The molecule has 1 amide bonds. The van der Waals surface area contributed by atoms with E-state index in [0.717, 1.165) is 32.0 Å². The summed E-state index contributed by atoms with van der Waals surface area (Å²) in [5.74, 6) is 0.818.